The molecule has 1 aromatic carbocycles. The summed E-state index contributed by atoms with van der Waals surface area (Å²) in [6.07, 6.45) is -2.44. The molecule has 2 aliphatic heterocycles. The van der Waals surface area contributed by atoms with E-state index < -0.39 is 13.7 Å². The first-order valence-electron chi connectivity index (χ1n) is 9.06. The molecule has 2 fully saturated rings. The van der Waals surface area contributed by atoms with Crippen LogP contribution in [-0.4, -0.2) is 26.4 Å². The summed E-state index contributed by atoms with van der Waals surface area (Å²) < 4.78 is 23.8. The van der Waals surface area contributed by atoms with Crippen LogP contribution in [0.15, 0.2) is 24.3 Å². The summed E-state index contributed by atoms with van der Waals surface area (Å²) in [6, 6.07) is 8.54. The van der Waals surface area contributed by atoms with Gasteiger partial charge in [0, 0.05) is 0 Å². The van der Waals surface area contributed by atoms with Crippen LogP contribution in [0.5, 0.6) is 0 Å². The second-order valence-electron chi connectivity index (χ2n) is 8.53. The Morgan fingerprint density at radius 1 is 0.926 bits per heavy atom. The molecule has 0 spiro atoms. The van der Waals surface area contributed by atoms with E-state index >= 15 is 0 Å². The molecule has 0 amide bonds. The van der Waals surface area contributed by atoms with Gasteiger partial charge in [-0.2, -0.15) is 0 Å². The van der Waals surface area contributed by atoms with E-state index in [0.717, 1.165) is 24.7 Å². The van der Waals surface area contributed by atoms with Crippen molar-refractivity contribution >= 4 is 48.7 Å². The van der Waals surface area contributed by atoms with E-state index in [-0.39, 0.29) is 10.8 Å². The molecule has 2 heterocycles. The predicted octanol–water partition coefficient (Wildman–Crippen LogP) is 6.87. The summed E-state index contributed by atoms with van der Waals surface area (Å²) in [5, 5.41) is 0. The van der Waals surface area contributed by atoms with Crippen LogP contribution in [0.2, 0.25) is 0 Å². The van der Waals surface area contributed by atoms with Crippen molar-refractivity contribution in [3.05, 3.63) is 35.4 Å². The third-order valence-electron chi connectivity index (χ3n) is 4.27. The van der Waals surface area contributed by atoms with E-state index in [9.17, 15) is 0 Å². The van der Waals surface area contributed by atoms with Gasteiger partial charge in [0.05, 0.1) is 0 Å². The molecule has 0 radical (unpaired) electrons. The molecular weight excluding hydrogens is 438 g/mol. The average Bonchev–Trinajstić information content (AvgIpc) is 2.63. The fourth-order valence-electron chi connectivity index (χ4n) is 2.48. The Kier molecular flexibility index (Phi) is 7.89. The molecular formula is C18H30O4P2S3. The summed E-state index contributed by atoms with van der Waals surface area (Å²) in [5.41, 5.74) is 2.82. The van der Waals surface area contributed by atoms with E-state index in [1.165, 1.54) is 11.1 Å². The first-order valence-corrected chi connectivity index (χ1v) is 16.6. The minimum absolute atomic E-state index is 0.0745. The van der Waals surface area contributed by atoms with Crippen molar-refractivity contribution in [2.24, 2.45) is 10.8 Å². The van der Waals surface area contributed by atoms with Gasteiger partial charge in [-0.05, 0) is 0 Å². The SMILES string of the molecule is CC1(C)COP(SCc2ccccc2CS[PH]2(S)OCC(C)(C)CO2)OC1. The zero-order valence-corrected chi connectivity index (χ0v) is 20.8. The third kappa shape index (κ3) is 7.01. The van der Waals surface area contributed by atoms with Crippen molar-refractivity contribution < 1.29 is 18.1 Å². The summed E-state index contributed by atoms with van der Waals surface area (Å²) in [7, 11) is -0.855. The fourth-order valence-corrected chi connectivity index (χ4v) is 10.5. The quantitative estimate of drug-likeness (QED) is 0.363. The molecule has 154 valence electrons. The van der Waals surface area contributed by atoms with E-state index in [4.69, 9.17) is 30.3 Å². The van der Waals surface area contributed by atoms with Crippen LogP contribution >= 0.6 is 48.7 Å². The van der Waals surface area contributed by atoms with E-state index in [1.54, 1.807) is 22.8 Å². The maximum absolute atomic E-state index is 6.02. The van der Waals surface area contributed by atoms with Gasteiger partial charge in [0.2, 0.25) is 0 Å². The van der Waals surface area contributed by atoms with Crippen molar-refractivity contribution in [1.29, 1.82) is 0 Å². The van der Waals surface area contributed by atoms with Crippen LogP contribution in [0.25, 0.3) is 0 Å². The van der Waals surface area contributed by atoms with Gasteiger partial charge in [-0.1, -0.05) is 0 Å². The molecule has 2 saturated heterocycles. The first kappa shape index (κ1) is 22.7. The van der Waals surface area contributed by atoms with Gasteiger partial charge in [-0.25, -0.2) is 0 Å². The zero-order chi connectivity index (χ0) is 19.5. The van der Waals surface area contributed by atoms with Crippen LogP contribution < -0.4 is 0 Å². The maximum atomic E-state index is 6.02. The van der Waals surface area contributed by atoms with Crippen molar-refractivity contribution in [3.8, 4) is 0 Å². The van der Waals surface area contributed by atoms with Gasteiger partial charge in [0.15, 0.2) is 0 Å². The molecule has 4 nitrogen and oxygen atoms in total. The predicted molar refractivity (Wildman–Crippen MR) is 125 cm³/mol. The van der Waals surface area contributed by atoms with Crippen molar-refractivity contribution in [1.82, 2.24) is 0 Å². The van der Waals surface area contributed by atoms with Gasteiger partial charge in [-0.3, -0.25) is 0 Å². The van der Waals surface area contributed by atoms with Crippen LogP contribution in [0.4, 0.5) is 0 Å². The molecule has 2 aliphatic rings. The van der Waals surface area contributed by atoms with Gasteiger partial charge in [0.1, 0.15) is 0 Å². The Hall–Kier alpha value is 0.970. The molecule has 27 heavy (non-hydrogen) atoms. The van der Waals surface area contributed by atoms with Crippen LogP contribution in [-0.2, 0) is 29.6 Å². The monoisotopic (exact) mass is 468 g/mol. The molecule has 9 heteroatoms. The van der Waals surface area contributed by atoms with Crippen molar-refractivity contribution in [2.45, 2.75) is 39.2 Å². The van der Waals surface area contributed by atoms with Crippen LogP contribution in [0.3, 0.4) is 0 Å². The number of hydrogen-bond acceptors (Lipinski definition) is 7. The molecule has 0 aliphatic carbocycles. The topological polar surface area (TPSA) is 36.9 Å². The average molecular weight is 469 g/mol. The second-order valence-corrected chi connectivity index (χ2v) is 19.1. The Balaban J connectivity index is 1.52. The number of benzene rings is 1. The minimum atomic E-state index is -2.44. The Morgan fingerprint density at radius 3 is 2.04 bits per heavy atom. The van der Waals surface area contributed by atoms with Gasteiger partial charge >= 0.3 is 179 Å². The fraction of sp³-hybridized carbons (Fsp3) is 0.667. The molecule has 0 atom stereocenters. The van der Waals surface area contributed by atoms with Crippen LogP contribution in [0, 0.1) is 10.8 Å². The Bertz CT molecular complexity index is 625. The summed E-state index contributed by atoms with van der Waals surface area (Å²) >= 11 is 8.25. The number of rotatable bonds is 6. The molecule has 3 rings (SSSR count). The van der Waals surface area contributed by atoms with E-state index in [0.29, 0.717) is 13.2 Å². The summed E-state index contributed by atoms with van der Waals surface area (Å²) in [4.78, 5) is 0. The van der Waals surface area contributed by atoms with Gasteiger partial charge in [0.25, 0.3) is 0 Å². The van der Waals surface area contributed by atoms with Gasteiger partial charge < -0.3 is 0 Å². The van der Waals surface area contributed by atoms with Crippen LogP contribution in [0.1, 0.15) is 38.8 Å². The molecule has 0 saturated carbocycles. The first-order chi connectivity index (χ1) is 12.7. The molecule has 0 unspecified atom stereocenters. The van der Waals surface area contributed by atoms with E-state index in [2.05, 4.69) is 52.0 Å². The number of thiol groups is 1. The zero-order valence-electron chi connectivity index (χ0n) is 16.4. The third-order valence-corrected chi connectivity index (χ3v) is 13.3. The standard InChI is InChI=1S/C18H30O4P2S3/c1-17(2)11-19-23(20-12-17)26-9-15-7-5-6-8-16(15)10-27-24(25)21-13-18(3,4)14-22-24/h5-8,24-25H,9-14H2,1-4H3. The summed E-state index contributed by atoms with van der Waals surface area (Å²) in [5.74, 6) is 1.73. The van der Waals surface area contributed by atoms with Gasteiger partial charge in [-0.15, -0.1) is 0 Å². The molecule has 1 aromatic rings. The Morgan fingerprint density at radius 2 is 1.44 bits per heavy atom. The van der Waals surface area contributed by atoms with Crippen molar-refractivity contribution in [2.75, 3.05) is 26.4 Å². The number of hydrogen-bond donors (Lipinski definition) is 1. The normalized spacial score (nSPS) is 25.8. The second kappa shape index (κ2) is 9.41. The summed E-state index contributed by atoms with van der Waals surface area (Å²) in [6.45, 7) is 11.6. The molecule has 0 aromatic heterocycles. The van der Waals surface area contributed by atoms with E-state index in [1.807, 2.05) is 0 Å². The van der Waals surface area contributed by atoms with Crippen molar-refractivity contribution in [3.63, 3.8) is 0 Å². The Labute approximate surface area is 178 Å². The molecule has 0 N–H and O–H groups in total. The molecule has 0 bridgehead atoms.